The molecule has 0 heterocycles. The van der Waals surface area contributed by atoms with Crippen molar-refractivity contribution in [1.29, 1.82) is 0 Å². The Balaban J connectivity index is 0. The van der Waals surface area contributed by atoms with E-state index in [1.165, 1.54) is 29.1 Å². The van der Waals surface area contributed by atoms with Crippen LogP contribution in [0.1, 0.15) is 5.56 Å². The number of fused-ring (bicyclic) bond motifs is 1. The fraction of sp³-hybridized carbons (Fsp3) is 0.250. The van der Waals surface area contributed by atoms with Crippen molar-refractivity contribution in [3.63, 3.8) is 0 Å². The van der Waals surface area contributed by atoms with Crippen LogP contribution in [0.3, 0.4) is 0 Å². The fourth-order valence-electron chi connectivity index (χ4n) is 1.31. The maximum Gasteiger partial charge on any atom is 0.0108 e. The third kappa shape index (κ3) is 5.68. The summed E-state index contributed by atoms with van der Waals surface area (Å²) in [6.07, 6.45) is 2.94. The predicted octanol–water partition coefficient (Wildman–Crippen LogP) is 4.57. The molecule has 0 unspecified atom stereocenters. The number of benzene rings is 1. The van der Waals surface area contributed by atoms with E-state index in [0.717, 1.165) is 0 Å². The minimum Gasteiger partial charge on any atom is -0.165 e. The first-order chi connectivity index (χ1) is 6.86. The zero-order valence-corrected chi connectivity index (χ0v) is 12.3. The number of rotatable bonds is 0. The Morgan fingerprint density at radius 2 is 1.53 bits per heavy atom. The zero-order chi connectivity index (χ0) is 11.0. The molecule has 0 atom stereocenters. The minimum absolute atomic E-state index is 0. The molecule has 82 valence electrons. The first-order valence-corrected chi connectivity index (χ1v) is 5.75. The van der Waals surface area contributed by atoms with Gasteiger partial charge in [-0.1, -0.05) is 13.0 Å². The molecule has 2 aromatic carbocycles. The van der Waals surface area contributed by atoms with Gasteiger partial charge in [0.25, 0.3) is 0 Å². The average molecular weight is 278 g/mol. The van der Waals surface area contributed by atoms with Crippen LogP contribution in [0.15, 0.2) is 36.4 Å². The van der Waals surface area contributed by atoms with Gasteiger partial charge in [-0.2, -0.15) is 6.07 Å². The predicted molar refractivity (Wildman–Crippen MR) is 67.8 cm³/mol. The van der Waals surface area contributed by atoms with Crippen LogP contribution in [0.2, 0.25) is 0 Å². The number of hydrogen-bond donors (Lipinski definition) is 0. The van der Waals surface area contributed by atoms with E-state index in [9.17, 15) is 0 Å². The summed E-state index contributed by atoms with van der Waals surface area (Å²) in [6.45, 7) is 2.12. The van der Waals surface area contributed by atoms with Crippen LogP contribution < -0.4 is 0 Å². The van der Waals surface area contributed by atoms with E-state index >= 15 is 0 Å². The van der Waals surface area contributed by atoms with Gasteiger partial charge in [-0.15, -0.1) is 63.8 Å². The Hall–Kier alpha value is 0.124. The molecule has 0 spiro atoms. The van der Waals surface area contributed by atoms with E-state index in [2.05, 4.69) is 66.5 Å². The van der Waals surface area contributed by atoms with E-state index in [4.69, 9.17) is 0 Å². The average Bonchev–Trinajstić information content (AvgIpc) is 2.64. The summed E-state index contributed by atoms with van der Waals surface area (Å²) in [6, 6.07) is 12.8. The SMILES string of the molecule is CCl.CCl.Cc1cc2ccccc2[cH-]1.[Ti]. The van der Waals surface area contributed by atoms with Crippen LogP contribution in [0.4, 0.5) is 0 Å². The Bertz CT molecular complexity index is 322. The van der Waals surface area contributed by atoms with E-state index in [-0.39, 0.29) is 21.7 Å². The van der Waals surface area contributed by atoms with Crippen LogP contribution in [-0.4, -0.2) is 12.8 Å². The molecule has 0 aliphatic heterocycles. The van der Waals surface area contributed by atoms with Gasteiger partial charge in [0.05, 0.1) is 0 Å². The summed E-state index contributed by atoms with van der Waals surface area (Å²) in [5, 5.41) is 2.69. The van der Waals surface area contributed by atoms with Crippen molar-refractivity contribution in [2.24, 2.45) is 0 Å². The quantitative estimate of drug-likeness (QED) is 0.376. The van der Waals surface area contributed by atoms with Gasteiger partial charge in [-0.3, -0.25) is 0 Å². The summed E-state index contributed by atoms with van der Waals surface area (Å²) >= 11 is 9.28. The third-order valence-electron chi connectivity index (χ3n) is 1.76. The summed E-state index contributed by atoms with van der Waals surface area (Å²) in [5.41, 5.74) is 1.35. The molecule has 0 fully saturated rings. The van der Waals surface area contributed by atoms with E-state index in [1.54, 1.807) is 0 Å². The van der Waals surface area contributed by atoms with Gasteiger partial charge in [-0.25, -0.2) is 0 Å². The molecule has 0 bridgehead atoms. The van der Waals surface area contributed by atoms with Gasteiger partial charge in [-0.05, 0) is 0 Å². The Morgan fingerprint density at radius 1 is 1.00 bits per heavy atom. The molecule has 0 nitrogen and oxygen atoms in total. The number of aryl methyl sites for hydroxylation is 1. The van der Waals surface area contributed by atoms with Crippen LogP contribution in [-0.2, 0) is 21.7 Å². The smallest absolute Gasteiger partial charge is 0.0108 e. The summed E-state index contributed by atoms with van der Waals surface area (Å²) in [4.78, 5) is 0. The van der Waals surface area contributed by atoms with Crippen molar-refractivity contribution >= 4 is 34.0 Å². The molecular formula is C12H15Cl2Ti-. The maximum atomic E-state index is 4.64. The largest absolute Gasteiger partial charge is 0.165 e. The van der Waals surface area contributed by atoms with Gasteiger partial charge >= 0.3 is 0 Å². The molecule has 0 amide bonds. The topological polar surface area (TPSA) is 0 Å². The second kappa shape index (κ2) is 10.6. The van der Waals surface area contributed by atoms with Crippen molar-refractivity contribution in [2.45, 2.75) is 6.92 Å². The van der Waals surface area contributed by atoms with Gasteiger partial charge in [0, 0.05) is 34.5 Å². The molecule has 0 aliphatic rings. The molecule has 0 aromatic heterocycles. The summed E-state index contributed by atoms with van der Waals surface area (Å²) in [7, 11) is 0. The van der Waals surface area contributed by atoms with Crippen molar-refractivity contribution in [2.75, 3.05) is 12.8 Å². The van der Waals surface area contributed by atoms with E-state index < -0.39 is 0 Å². The first kappa shape index (κ1) is 17.5. The second-order valence-corrected chi connectivity index (χ2v) is 2.66. The fourth-order valence-corrected chi connectivity index (χ4v) is 1.31. The third-order valence-corrected chi connectivity index (χ3v) is 1.76. The second-order valence-electron chi connectivity index (χ2n) is 2.66. The molecule has 0 saturated carbocycles. The number of halogens is 2. The number of hydrogen-bond acceptors (Lipinski definition) is 0. The minimum atomic E-state index is 0. The zero-order valence-electron chi connectivity index (χ0n) is 9.22. The maximum absolute atomic E-state index is 4.64. The molecule has 0 radical (unpaired) electrons. The van der Waals surface area contributed by atoms with Crippen LogP contribution in [0, 0.1) is 6.92 Å². The standard InChI is InChI=1S/C10H9.2CH3Cl.Ti/c1-8-6-9-4-2-3-5-10(9)7-8;2*1-2;/h2-7H,1H3;2*1H3;/q-1;;;. The van der Waals surface area contributed by atoms with Crippen molar-refractivity contribution in [3.8, 4) is 0 Å². The summed E-state index contributed by atoms with van der Waals surface area (Å²) < 4.78 is 0. The van der Waals surface area contributed by atoms with Crippen LogP contribution >= 0.6 is 23.2 Å². The molecule has 0 aliphatic carbocycles. The Morgan fingerprint density at radius 3 is 2.07 bits per heavy atom. The molecule has 3 heteroatoms. The Kier molecular flexibility index (Phi) is 12.4. The van der Waals surface area contributed by atoms with Gasteiger partial charge in [0.15, 0.2) is 0 Å². The number of alkyl halides is 2. The molecule has 0 saturated heterocycles. The molecule has 2 rings (SSSR count). The van der Waals surface area contributed by atoms with Crippen molar-refractivity contribution < 1.29 is 21.7 Å². The molecule has 2 aromatic rings. The van der Waals surface area contributed by atoms with Gasteiger partial charge < -0.3 is 0 Å². The first-order valence-electron chi connectivity index (χ1n) is 4.24. The van der Waals surface area contributed by atoms with E-state index in [1.807, 2.05) is 0 Å². The van der Waals surface area contributed by atoms with Gasteiger partial charge in [0.2, 0.25) is 0 Å². The monoisotopic (exact) mass is 277 g/mol. The Labute approximate surface area is 117 Å². The van der Waals surface area contributed by atoms with Crippen molar-refractivity contribution in [1.82, 2.24) is 0 Å². The molecule has 0 N–H and O–H groups in total. The van der Waals surface area contributed by atoms with Crippen LogP contribution in [0.5, 0.6) is 0 Å². The molecule has 15 heavy (non-hydrogen) atoms. The van der Waals surface area contributed by atoms with Crippen LogP contribution in [0.25, 0.3) is 10.8 Å². The normalized spacial score (nSPS) is 7.80. The van der Waals surface area contributed by atoms with Gasteiger partial charge in [0.1, 0.15) is 0 Å². The molecular weight excluding hydrogens is 263 g/mol. The summed E-state index contributed by atoms with van der Waals surface area (Å²) in [5.74, 6) is 0. The van der Waals surface area contributed by atoms with Crippen molar-refractivity contribution in [3.05, 3.63) is 42.0 Å². The van der Waals surface area contributed by atoms with E-state index in [0.29, 0.717) is 0 Å².